The van der Waals surface area contributed by atoms with Gasteiger partial charge in [-0.25, -0.2) is 4.79 Å². The van der Waals surface area contributed by atoms with E-state index in [0.717, 1.165) is 4.57 Å². The SMILES string of the molecule is CC(C)C(OCc1cn([C@H]2C[C@H](O)[C@@H](CO)O2)c(=O)[nH]c1=O)c1ccccc1[N+](=O)[O-]. The van der Waals surface area contributed by atoms with Gasteiger partial charge in [0.25, 0.3) is 11.2 Å². The van der Waals surface area contributed by atoms with E-state index in [9.17, 15) is 29.9 Å². The molecule has 3 rings (SSSR count). The molecule has 2 aromatic rings. The molecule has 1 aromatic carbocycles. The molecule has 1 saturated heterocycles. The van der Waals surface area contributed by atoms with Crippen LogP contribution in [0.15, 0.2) is 40.1 Å². The van der Waals surface area contributed by atoms with Crippen LogP contribution in [0.1, 0.15) is 43.7 Å². The molecule has 31 heavy (non-hydrogen) atoms. The summed E-state index contributed by atoms with van der Waals surface area (Å²) >= 11 is 0. The molecular formula is C20H25N3O8. The number of benzene rings is 1. The van der Waals surface area contributed by atoms with E-state index >= 15 is 0 Å². The number of nitro groups is 1. The first-order chi connectivity index (χ1) is 14.7. The van der Waals surface area contributed by atoms with Crippen molar-refractivity contribution in [2.24, 2.45) is 5.92 Å². The lowest BCUT2D eigenvalue weighted by molar-refractivity contribution is -0.386. The van der Waals surface area contributed by atoms with Crippen molar-refractivity contribution in [3.05, 3.63) is 72.5 Å². The van der Waals surface area contributed by atoms with Crippen LogP contribution in [0.3, 0.4) is 0 Å². The molecule has 0 amide bonds. The van der Waals surface area contributed by atoms with E-state index in [1.807, 2.05) is 13.8 Å². The molecule has 1 fully saturated rings. The zero-order valence-electron chi connectivity index (χ0n) is 17.1. The smallest absolute Gasteiger partial charge is 0.330 e. The minimum Gasteiger partial charge on any atom is -0.394 e. The number of rotatable bonds is 8. The Morgan fingerprint density at radius 2 is 2.06 bits per heavy atom. The summed E-state index contributed by atoms with van der Waals surface area (Å²) in [5.41, 5.74) is -0.939. The number of hydrogen-bond donors (Lipinski definition) is 3. The van der Waals surface area contributed by atoms with E-state index in [4.69, 9.17) is 9.47 Å². The number of aromatic amines is 1. The lowest BCUT2D eigenvalue weighted by Gasteiger charge is -2.22. The van der Waals surface area contributed by atoms with Crippen LogP contribution in [0.5, 0.6) is 0 Å². The topological polar surface area (TPSA) is 157 Å². The van der Waals surface area contributed by atoms with Crippen molar-refractivity contribution < 1.29 is 24.6 Å². The third-order valence-corrected chi connectivity index (χ3v) is 5.20. The van der Waals surface area contributed by atoms with Gasteiger partial charge in [0.2, 0.25) is 0 Å². The van der Waals surface area contributed by atoms with Crippen molar-refractivity contribution >= 4 is 5.69 Å². The van der Waals surface area contributed by atoms with Gasteiger partial charge in [-0.3, -0.25) is 24.5 Å². The number of nitro benzene ring substituents is 1. The van der Waals surface area contributed by atoms with Crippen molar-refractivity contribution in [2.45, 2.75) is 51.4 Å². The molecule has 1 aliphatic rings. The first-order valence-electron chi connectivity index (χ1n) is 9.86. The van der Waals surface area contributed by atoms with Crippen LogP contribution in [0.2, 0.25) is 0 Å². The van der Waals surface area contributed by atoms with Crippen LogP contribution in [0, 0.1) is 16.0 Å². The molecule has 3 N–H and O–H groups in total. The maximum Gasteiger partial charge on any atom is 0.330 e. The molecule has 4 atom stereocenters. The third kappa shape index (κ3) is 4.90. The number of aromatic nitrogens is 2. The minimum absolute atomic E-state index is 0.0717. The maximum atomic E-state index is 12.3. The van der Waals surface area contributed by atoms with E-state index in [1.165, 1.54) is 12.3 Å². The first-order valence-corrected chi connectivity index (χ1v) is 9.86. The summed E-state index contributed by atoms with van der Waals surface area (Å²) in [4.78, 5) is 37.6. The molecule has 1 aromatic heterocycles. The van der Waals surface area contributed by atoms with Crippen LogP contribution >= 0.6 is 0 Å². The number of ether oxygens (including phenoxy) is 2. The lowest BCUT2D eigenvalue weighted by Crippen LogP contribution is -2.34. The molecule has 0 spiro atoms. The fourth-order valence-electron chi connectivity index (χ4n) is 3.61. The van der Waals surface area contributed by atoms with Gasteiger partial charge in [0.1, 0.15) is 12.3 Å². The highest BCUT2D eigenvalue weighted by Gasteiger charge is 2.35. The molecule has 0 radical (unpaired) electrons. The van der Waals surface area contributed by atoms with Crippen LogP contribution in [-0.2, 0) is 16.1 Å². The second kappa shape index (κ2) is 9.52. The van der Waals surface area contributed by atoms with Gasteiger partial charge in [-0.05, 0) is 12.0 Å². The van der Waals surface area contributed by atoms with Gasteiger partial charge in [0.05, 0.1) is 41.5 Å². The van der Waals surface area contributed by atoms with Crippen LogP contribution in [-0.4, -0.2) is 43.5 Å². The van der Waals surface area contributed by atoms with E-state index in [2.05, 4.69) is 4.98 Å². The molecule has 0 bridgehead atoms. The molecule has 1 aliphatic heterocycles. The first kappa shape index (κ1) is 22.8. The summed E-state index contributed by atoms with van der Waals surface area (Å²) in [7, 11) is 0. The predicted octanol–water partition coefficient (Wildman–Crippen LogP) is 0.999. The average molecular weight is 435 g/mol. The highest BCUT2D eigenvalue weighted by Crippen LogP contribution is 2.33. The second-order valence-electron chi connectivity index (χ2n) is 7.73. The molecule has 168 valence electrons. The molecule has 0 aliphatic carbocycles. The van der Waals surface area contributed by atoms with Crippen LogP contribution in [0.25, 0.3) is 0 Å². The summed E-state index contributed by atoms with van der Waals surface area (Å²) in [5.74, 6) is -0.135. The number of aliphatic hydroxyl groups is 2. The van der Waals surface area contributed by atoms with Gasteiger partial charge >= 0.3 is 5.69 Å². The minimum atomic E-state index is -0.947. The van der Waals surface area contributed by atoms with Crippen molar-refractivity contribution in [2.75, 3.05) is 6.61 Å². The van der Waals surface area contributed by atoms with Crippen molar-refractivity contribution in [1.82, 2.24) is 9.55 Å². The third-order valence-electron chi connectivity index (χ3n) is 5.20. The number of para-hydroxylation sites is 1. The van der Waals surface area contributed by atoms with Gasteiger partial charge in [0.15, 0.2) is 0 Å². The molecule has 0 saturated carbocycles. The van der Waals surface area contributed by atoms with Gasteiger partial charge in [-0.2, -0.15) is 0 Å². The van der Waals surface area contributed by atoms with Crippen LogP contribution < -0.4 is 11.2 Å². The lowest BCUT2D eigenvalue weighted by atomic mass is 9.97. The molecule has 1 unspecified atom stereocenters. The van der Waals surface area contributed by atoms with Crippen LogP contribution in [0.4, 0.5) is 5.69 Å². The Balaban J connectivity index is 1.86. The molecule has 2 heterocycles. The summed E-state index contributed by atoms with van der Waals surface area (Å²) in [6.07, 6.45) is -1.93. The van der Waals surface area contributed by atoms with E-state index < -0.39 is 47.3 Å². The van der Waals surface area contributed by atoms with Crippen molar-refractivity contribution in [3.8, 4) is 0 Å². The van der Waals surface area contributed by atoms with E-state index in [0.29, 0.717) is 5.56 Å². The van der Waals surface area contributed by atoms with Gasteiger partial charge in [0, 0.05) is 18.7 Å². The summed E-state index contributed by atoms with van der Waals surface area (Å²) in [6, 6.07) is 6.24. The number of aliphatic hydroxyl groups excluding tert-OH is 2. The molecule has 11 nitrogen and oxygen atoms in total. The predicted molar refractivity (Wildman–Crippen MR) is 108 cm³/mol. The van der Waals surface area contributed by atoms with Gasteiger partial charge in [-0.1, -0.05) is 26.0 Å². The zero-order chi connectivity index (χ0) is 22.7. The Labute approximate surface area is 177 Å². The Hall–Kier alpha value is -2.86. The normalized spacial score (nSPS) is 22.0. The molecule has 11 heteroatoms. The number of nitrogens with zero attached hydrogens (tertiary/aromatic N) is 2. The molecular weight excluding hydrogens is 410 g/mol. The maximum absolute atomic E-state index is 12.3. The quantitative estimate of drug-likeness (QED) is 0.409. The van der Waals surface area contributed by atoms with Gasteiger partial charge in [-0.15, -0.1) is 0 Å². The second-order valence-corrected chi connectivity index (χ2v) is 7.73. The van der Waals surface area contributed by atoms with E-state index in [-0.39, 0.29) is 30.2 Å². The van der Waals surface area contributed by atoms with Crippen molar-refractivity contribution in [1.29, 1.82) is 0 Å². The standard InChI is InChI=1S/C20H25N3O8/c1-11(2)18(13-5-3-4-6-14(13)23(28)29)30-10-12-8-22(20(27)21-19(12)26)17-7-15(25)16(9-24)31-17/h3-6,8,11,15-18,24-25H,7,9-10H2,1-2H3,(H,21,26,27)/t15-,16+,17+,18?/m0/s1. The van der Waals surface area contributed by atoms with Crippen molar-refractivity contribution in [3.63, 3.8) is 0 Å². The zero-order valence-corrected chi connectivity index (χ0v) is 17.1. The fraction of sp³-hybridized carbons (Fsp3) is 0.500. The van der Waals surface area contributed by atoms with E-state index in [1.54, 1.807) is 18.2 Å². The number of H-pyrrole nitrogens is 1. The number of hydrogen-bond acceptors (Lipinski definition) is 8. The van der Waals surface area contributed by atoms with Gasteiger partial charge < -0.3 is 19.7 Å². The highest BCUT2D eigenvalue weighted by molar-refractivity contribution is 5.41. The Kier molecular flexibility index (Phi) is 7.01. The summed E-state index contributed by atoms with van der Waals surface area (Å²) in [5, 5.41) is 30.5. The largest absolute Gasteiger partial charge is 0.394 e. The summed E-state index contributed by atoms with van der Waals surface area (Å²) in [6.45, 7) is 3.07. The Morgan fingerprint density at radius 3 is 2.68 bits per heavy atom. The summed E-state index contributed by atoms with van der Waals surface area (Å²) < 4.78 is 12.5. The average Bonchev–Trinajstić information content (AvgIpc) is 3.10. The monoisotopic (exact) mass is 435 g/mol. The number of nitrogens with one attached hydrogen (secondary N) is 1. The Morgan fingerprint density at radius 1 is 1.35 bits per heavy atom. The fourth-order valence-corrected chi connectivity index (χ4v) is 3.61. The Bertz CT molecular complexity index is 1050. The highest BCUT2D eigenvalue weighted by atomic mass is 16.6.